The zero-order valence-corrected chi connectivity index (χ0v) is 10.3. The summed E-state index contributed by atoms with van der Waals surface area (Å²) in [6.07, 6.45) is 2.18. The lowest BCUT2D eigenvalue weighted by molar-refractivity contribution is -0.141. The summed E-state index contributed by atoms with van der Waals surface area (Å²) in [5.74, 6) is -0.223. The van der Waals surface area contributed by atoms with Gasteiger partial charge in [0.2, 0.25) is 5.91 Å². The molecule has 1 atom stereocenters. The van der Waals surface area contributed by atoms with Crippen molar-refractivity contribution in [3.05, 3.63) is 0 Å². The van der Waals surface area contributed by atoms with Crippen LogP contribution in [0.25, 0.3) is 0 Å². The van der Waals surface area contributed by atoms with E-state index in [4.69, 9.17) is 10.2 Å². The molecule has 0 saturated carbocycles. The fourth-order valence-corrected chi connectivity index (χ4v) is 1.94. The topological polar surface area (TPSA) is 86.6 Å². The number of thioether (sulfide) groups is 1. The number of aliphatic hydroxyl groups is 1. The third-order valence-corrected chi connectivity index (χ3v) is 2.97. The van der Waals surface area contributed by atoms with Gasteiger partial charge in [0.05, 0.1) is 5.75 Å². The highest BCUT2D eigenvalue weighted by Crippen LogP contribution is 2.04. The summed E-state index contributed by atoms with van der Waals surface area (Å²) in [6.45, 7) is 1.82. The molecule has 0 aromatic heterocycles. The molecule has 94 valence electrons. The average molecular weight is 249 g/mol. The Balaban J connectivity index is 3.77. The molecule has 0 aliphatic heterocycles. The molecule has 5 nitrogen and oxygen atoms in total. The van der Waals surface area contributed by atoms with Crippen molar-refractivity contribution in [3.63, 3.8) is 0 Å². The number of amides is 1. The maximum absolute atomic E-state index is 11.3. The van der Waals surface area contributed by atoms with Crippen LogP contribution in [-0.4, -0.2) is 46.2 Å². The van der Waals surface area contributed by atoms with Gasteiger partial charge in [-0.05, 0) is 12.2 Å². The van der Waals surface area contributed by atoms with Crippen LogP contribution >= 0.6 is 11.8 Å². The molecule has 0 heterocycles. The Kier molecular flexibility index (Phi) is 9.03. The van der Waals surface area contributed by atoms with Gasteiger partial charge in [-0.25, -0.2) is 4.79 Å². The summed E-state index contributed by atoms with van der Waals surface area (Å²) in [5.41, 5.74) is 0. The zero-order chi connectivity index (χ0) is 12.4. The van der Waals surface area contributed by atoms with Crippen molar-refractivity contribution in [1.29, 1.82) is 0 Å². The molecule has 0 saturated heterocycles. The van der Waals surface area contributed by atoms with E-state index < -0.39 is 12.0 Å². The summed E-state index contributed by atoms with van der Waals surface area (Å²) in [5, 5.41) is 19.7. The summed E-state index contributed by atoms with van der Waals surface area (Å²) >= 11 is 1.49. The van der Waals surface area contributed by atoms with Crippen molar-refractivity contribution in [3.8, 4) is 0 Å². The molecule has 16 heavy (non-hydrogen) atoms. The molecule has 0 bridgehead atoms. The van der Waals surface area contributed by atoms with Gasteiger partial charge in [0.15, 0.2) is 0 Å². The van der Waals surface area contributed by atoms with Crippen LogP contribution in [0, 0.1) is 0 Å². The van der Waals surface area contributed by atoms with Crippen LogP contribution in [0.4, 0.5) is 0 Å². The number of unbranched alkanes of at least 4 members (excludes halogenated alkanes) is 1. The number of nitrogens with one attached hydrogen (secondary N) is 1. The molecule has 0 unspecified atom stereocenters. The fourth-order valence-electron chi connectivity index (χ4n) is 1.03. The van der Waals surface area contributed by atoms with Crippen molar-refractivity contribution >= 4 is 23.6 Å². The van der Waals surface area contributed by atoms with E-state index in [1.807, 2.05) is 0 Å². The predicted octanol–water partition coefficient (Wildman–Crippen LogP) is 0.471. The van der Waals surface area contributed by atoms with Crippen LogP contribution in [-0.2, 0) is 9.59 Å². The quantitative estimate of drug-likeness (QED) is 0.517. The van der Waals surface area contributed by atoms with Gasteiger partial charge in [-0.3, -0.25) is 4.79 Å². The number of carboxylic acid groups (broad SMARTS) is 1. The molecule has 0 aromatic rings. The van der Waals surface area contributed by atoms with Gasteiger partial charge in [-0.1, -0.05) is 13.3 Å². The number of carboxylic acids is 1. The Morgan fingerprint density at radius 1 is 1.44 bits per heavy atom. The van der Waals surface area contributed by atoms with Crippen LogP contribution in [0.5, 0.6) is 0 Å². The van der Waals surface area contributed by atoms with E-state index in [0.717, 1.165) is 18.6 Å². The fraction of sp³-hybridized carbons (Fsp3) is 0.800. The van der Waals surface area contributed by atoms with Crippen LogP contribution in [0.1, 0.15) is 26.2 Å². The molecule has 0 fully saturated rings. The minimum Gasteiger partial charge on any atom is -0.480 e. The van der Waals surface area contributed by atoms with Crippen molar-refractivity contribution in [1.82, 2.24) is 5.32 Å². The van der Waals surface area contributed by atoms with E-state index in [2.05, 4.69) is 12.2 Å². The highest BCUT2D eigenvalue weighted by Gasteiger charge is 2.18. The van der Waals surface area contributed by atoms with Crippen LogP contribution in [0.3, 0.4) is 0 Å². The second kappa shape index (κ2) is 9.47. The average Bonchev–Trinajstić information content (AvgIpc) is 2.23. The monoisotopic (exact) mass is 249 g/mol. The van der Waals surface area contributed by atoms with Crippen molar-refractivity contribution < 1.29 is 19.8 Å². The van der Waals surface area contributed by atoms with Crippen LogP contribution in [0.15, 0.2) is 0 Å². The van der Waals surface area contributed by atoms with Crippen molar-refractivity contribution in [2.45, 2.75) is 32.2 Å². The Hall–Kier alpha value is -0.750. The summed E-state index contributed by atoms with van der Waals surface area (Å²) in [7, 11) is 0. The maximum Gasteiger partial charge on any atom is 0.326 e. The summed E-state index contributed by atoms with van der Waals surface area (Å²) < 4.78 is 0. The third kappa shape index (κ3) is 7.53. The zero-order valence-electron chi connectivity index (χ0n) is 9.44. The lowest BCUT2D eigenvalue weighted by Gasteiger charge is -2.12. The lowest BCUT2D eigenvalue weighted by Crippen LogP contribution is -2.42. The Labute approximate surface area is 99.6 Å². The molecule has 3 N–H and O–H groups in total. The van der Waals surface area contributed by atoms with E-state index in [-0.39, 0.29) is 24.7 Å². The first-order valence-electron chi connectivity index (χ1n) is 5.32. The molecular formula is C10H19NO4S. The van der Waals surface area contributed by atoms with E-state index in [1.54, 1.807) is 0 Å². The van der Waals surface area contributed by atoms with Gasteiger partial charge in [-0.2, -0.15) is 11.8 Å². The second-order valence-corrected chi connectivity index (χ2v) is 4.48. The van der Waals surface area contributed by atoms with E-state index >= 15 is 0 Å². The Morgan fingerprint density at radius 2 is 2.12 bits per heavy atom. The summed E-state index contributed by atoms with van der Waals surface area (Å²) in [4.78, 5) is 22.0. The SMILES string of the molecule is CCCCSCC(=O)N[C@H](CCO)C(=O)O. The van der Waals surface area contributed by atoms with Crippen LogP contribution < -0.4 is 5.32 Å². The van der Waals surface area contributed by atoms with Gasteiger partial charge in [0, 0.05) is 13.0 Å². The van der Waals surface area contributed by atoms with Gasteiger partial charge in [0.1, 0.15) is 6.04 Å². The molecule has 0 spiro atoms. The van der Waals surface area contributed by atoms with Gasteiger partial charge < -0.3 is 15.5 Å². The Bertz CT molecular complexity index is 223. The number of carbonyl (C=O) groups excluding carboxylic acids is 1. The van der Waals surface area contributed by atoms with E-state index in [1.165, 1.54) is 11.8 Å². The predicted molar refractivity (Wildman–Crippen MR) is 63.5 cm³/mol. The lowest BCUT2D eigenvalue weighted by atomic mass is 10.2. The number of rotatable bonds is 9. The normalized spacial score (nSPS) is 12.1. The number of carbonyl (C=O) groups is 2. The van der Waals surface area contributed by atoms with Crippen molar-refractivity contribution in [2.75, 3.05) is 18.1 Å². The minimum atomic E-state index is -1.11. The molecule has 0 aliphatic rings. The third-order valence-electron chi connectivity index (χ3n) is 1.93. The van der Waals surface area contributed by atoms with Gasteiger partial charge >= 0.3 is 5.97 Å². The second-order valence-electron chi connectivity index (χ2n) is 3.38. The minimum absolute atomic E-state index is 0.0424. The molecule has 1 amide bonds. The molecule has 0 radical (unpaired) electrons. The first-order chi connectivity index (χ1) is 7.61. The van der Waals surface area contributed by atoms with E-state index in [0.29, 0.717) is 0 Å². The van der Waals surface area contributed by atoms with E-state index in [9.17, 15) is 9.59 Å². The summed E-state index contributed by atoms with van der Waals surface area (Å²) in [6, 6.07) is -0.982. The first-order valence-corrected chi connectivity index (χ1v) is 6.48. The maximum atomic E-state index is 11.3. The number of aliphatic hydroxyl groups excluding tert-OH is 1. The Morgan fingerprint density at radius 3 is 2.62 bits per heavy atom. The number of hydrogen-bond donors (Lipinski definition) is 3. The number of aliphatic carboxylic acids is 1. The largest absolute Gasteiger partial charge is 0.480 e. The molecule has 0 rings (SSSR count). The molecular weight excluding hydrogens is 230 g/mol. The number of hydrogen-bond acceptors (Lipinski definition) is 4. The molecule has 6 heteroatoms. The smallest absolute Gasteiger partial charge is 0.326 e. The molecule has 0 aromatic carbocycles. The highest BCUT2D eigenvalue weighted by atomic mass is 32.2. The van der Waals surface area contributed by atoms with Gasteiger partial charge in [-0.15, -0.1) is 0 Å². The van der Waals surface area contributed by atoms with Gasteiger partial charge in [0.25, 0.3) is 0 Å². The van der Waals surface area contributed by atoms with Crippen LogP contribution in [0.2, 0.25) is 0 Å². The standard InChI is InChI=1S/C10H19NO4S/c1-2-3-6-16-7-9(13)11-8(4-5-12)10(14)15/h8,12H,2-7H2,1H3,(H,11,13)(H,14,15)/t8-/m1/s1. The van der Waals surface area contributed by atoms with Crippen molar-refractivity contribution in [2.24, 2.45) is 0 Å². The first kappa shape index (κ1) is 15.2. The molecule has 0 aliphatic carbocycles. The highest BCUT2D eigenvalue weighted by molar-refractivity contribution is 7.99.